The van der Waals surface area contributed by atoms with Gasteiger partial charge in [0.05, 0.1) is 31.6 Å². The SMILES string of the molecule is NC(=O)c1cnc(C(=O)NC2COC2)cn1. The lowest BCUT2D eigenvalue weighted by molar-refractivity contribution is -0.00355. The summed E-state index contributed by atoms with van der Waals surface area (Å²) in [7, 11) is 0. The highest BCUT2D eigenvalue weighted by Gasteiger charge is 2.21. The van der Waals surface area contributed by atoms with Crippen LogP contribution in [-0.2, 0) is 4.74 Å². The number of hydrogen-bond donors (Lipinski definition) is 2. The number of nitrogens with zero attached hydrogens (tertiary/aromatic N) is 2. The quantitative estimate of drug-likeness (QED) is 0.661. The van der Waals surface area contributed by atoms with E-state index >= 15 is 0 Å². The summed E-state index contributed by atoms with van der Waals surface area (Å²) in [5.74, 6) is -1.01. The second kappa shape index (κ2) is 4.23. The molecular formula is C9H10N4O3. The Morgan fingerprint density at radius 3 is 2.38 bits per heavy atom. The third kappa shape index (κ3) is 2.14. The first-order valence-electron chi connectivity index (χ1n) is 4.67. The summed E-state index contributed by atoms with van der Waals surface area (Å²) in [6, 6.07) is 0.0325. The minimum atomic E-state index is -0.674. The molecule has 2 rings (SSSR count). The molecule has 1 aromatic heterocycles. The van der Waals surface area contributed by atoms with Gasteiger partial charge in [0.2, 0.25) is 0 Å². The molecule has 0 unspecified atom stereocenters. The molecule has 1 saturated heterocycles. The fourth-order valence-corrected chi connectivity index (χ4v) is 1.15. The zero-order valence-electron chi connectivity index (χ0n) is 8.34. The van der Waals surface area contributed by atoms with E-state index in [0.29, 0.717) is 13.2 Å². The Hall–Kier alpha value is -2.02. The molecule has 7 heteroatoms. The van der Waals surface area contributed by atoms with Gasteiger partial charge in [-0.1, -0.05) is 0 Å². The number of nitrogens with two attached hydrogens (primary N) is 1. The molecule has 2 heterocycles. The largest absolute Gasteiger partial charge is 0.377 e. The molecule has 0 saturated carbocycles. The molecule has 1 fully saturated rings. The van der Waals surface area contributed by atoms with Crippen molar-refractivity contribution < 1.29 is 14.3 Å². The van der Waals surface area contributed by atoms with Crippen molar-refractivity contribution in [3.05, 3.63) is 23.8 Å². The monoisotopic (exact) mass is 222 g/mol. The predicted molar refractivity (Wildman–Crippen MR) is 52.6 cm³/mol. The molecule has 1 aromatic rings. The highest BCUT2D eigenvalue weighted by molar-refractivity contribution is 5.93. The van der Waals surface area contributed by atoms with Crippen LogP contribution in [0.1, 0.15) is 21.0 Å². The fourth-order valence-electron chi connectivity index (χ4n) is 1.15. The summed E-state index contributed by atoms with van der Waals surface area (Å²) < 4.78 is 4.91. The molecule has 1 aliphatic rings. The van der Waals surface area contributed by atoms with Crippen molar-refractivity contribution in [1.29, 1.82) is 0 Å². The molecule has 3 N–H and O–H groups in total. The molecule has 0 spiro atoms. The number of amides is 2. The van der Waals surface area contributed by atoms with Crippen LogP contribution < -0.4 is 11.1 Å². The van der Waals surface area contributed by atoms with Gasteiger partial charge in [0.1, 0.15) is 11.4 Å². The van der Waals surface area contributed by atoms with Gasteiger partial charge < -0.3 is 15.8 Å². The van der Waals surface area contributed by atoms with Crippen molar-refractivity contribution >= 4 is 11.8 Å². The van der Waals surface area contributed by atoms with E-state index in [9.17, 15) is 9.59 Å². The van der Waals surface area contributed by atoms with Gasteiger partial charge in [0.15, 0.2) is 0 Å². The van der Waals surface area contributed by atoms with Crippen LogP contribution in [0, 0.1) is 0 Å². The van der Waals surface area contributed by atoms with Crippen LogP contribution in [-0.4, -0.2) is 41.0 Å². The Labute approximate surface area is 91.0 Å². The first-order chi connectivity index (χ1) is 7.66. The van der Waals surface area contributed by atoms with E-state index in [1.807, 2.05) is 0 Å². The predicted octanol–water partition coefficient (Wildman–Crippen LogP) is -1.30. The van der Waals surface area contributed by atoms with E-state index in [1.54, 1.807) is 0 Å². The van der Waals surface area contributed by atoms with Crippen LogP contribution in [0.25, 0.3) is 0 Å². The van der Waals surface area contributed by atoms with Crippen molar-refractivity contribution in [2.45, 2.75) is 6.04 Å². The van der Waals surface area contributed by atoms with Crippen LogP contribution in [0.5, 0.6) is 0 Å². The molecule has 1 aliphatic heterocycles. The summed E-state index contributed by atoms with van der Waals surface area (Å²) >= 11 is 0. The van der Waals surface area contributed by atoms with Crippen molar-refractivity contribution in [3.63, 3.8) is 0 Å². The average molecular weight is 222 g/mol. The second-order valence-electron chi connectivity index (χ2n) is 3.36. The van der Waals surface area contributed by atoms with Crippen LogP contribution in [0.2, 0.25) is 0 Å². The number of hydrogen-bond acceptors (Lipinski definition) is 5. The molecule has 0 aliphatic carbocycles. The Morgan fingerprint density at radius 1 is 1.31 bits per heavy atom. The van der Waals surface area contributed by atoms with E-state index in [-0.39, 0.29) is 23.3 Å². The Kier molecular flexibility index (Phi) is 2.78. The van der Waals surface area contributed by atoms with Crippen molar-refractivity contribution in [2.24, 2.45) is 5.73 Å². The summed E-state index contributed by atoms with van der Waals surface area (Å²) in [4.78, 5) is 29.8. The minimum Gasteiger partial charge on any atom is -0.377 e. The number of carbonyl (C=O) groups excluding carboxylic acids is 2. The molecule has 0 bridgehead atoms. The second-order valence-corrected chi connectivity index (χ2v) is 3.36. The molecule has 2 amide bonds. The lowest BCUT2D eigenvalue weighted by atomic mass is 10.2. The highest BCUT2D eigenvalue weighted by atomic mass is 16.5. The third-order valence-electron chi connectivity index (χ3n) is 2.11. The van der Waals surface area contributed by atoms with Crippen molar-refractivity contribution in [3.8, 4) is 0 Å². The standard InChI is InChI=1S/C9H10N4O3/c10-8(14)6-1-12-7(2-11-6)9(15)13-5-3-16-4-5/h1-2,5H,3-4H2,(H2,10,14)(H,13,15). The van der Waals surface area contributed by atoms with Gasteiger partial charge in [-0.15, -0.1) is 0 Å². The highest BCUT2D eigenvalue weighted by Crippen LogP contribution is 2.01. The Morgan fingerprint density at radius 2 is 1.94 bits per heavy atom. The molecule has 0 atom stereocenters. The van der Waals surface area contributed by atoms with Crippen LogP contribution in [0.3, 0.4) is 0 Å². The zero-order chi connectivity index (χ0) is 11.5. The first-order valence-corrected chi connectivity index (χ1v) is 4.67. The number of primary amides is 1. The van der Waals surface area contributed by atoms with Gasteiger partial charge in [-0.3, -0.25) is 9.59 Å². The molecule has 0 radical (unpaired) electrons. The van der Waals surface area contributed by atoms with Gasteiger partial charge in [0, 0.05) is 0 Å². The van der Waals surface area contributed by atoms with Crippen molar-refractivity contribution in [1.82, 2.24) is 15.3 Å². The van der Waals surface area contributed by atoms with E-state index in [1.165, 1.54) is 12.4 Å². The lowest BCUT2D eigenvalue weighted by Gasteiger charge is -2.26. The van der Waals surface area contributed by atoms with E-state index < -0.39 is 5.91 Å². The maximum absolute atomic E-state index is 11.5. The summed E-state index contributed by atoms with van der Waals surface area (Å²) in [6.45, 7) is 1.02. The molecular weight excluding hydrogens is 212 g/mol. The third-order valence-corrected chi connectivity index (χ3v) is 2.11. The lowest BCUT2D eigenvalue weighted by Crippen LogP contribution is -2.48. The maximum Gasteiger partial charge on any atom is 0.271 e. The minimum absolute atomic E-state index is 0.0310. The average Bonchev–Trinajstić information content (AvgIpc) is 2.23. The number of aromatic nitrogens is 2. The van der Waals surface area contributed by atoms with Gasteiger partial charge in [0.25, 0.3) is 11.8 Å². The van der Waals surface area contributed by atoms with Crippen LogP contribution in [0.15, 0.2) is 12.4 Å². The normalized spacial score (nSPS) is 15.2. The number of carbonyl (C=O) groups is 2. The number of rotatable bonds is 3. The van der Waals surface area contributed by atoms with Gasteiger partial charge in [-0.25, -0.2) is 9.97 Å². The topological polar surface area (TPSA) is 107 Å². The molecule has 7 nitrogen and oxygen atoms in total. The van der Waals surface area contributed by atoms with Gasteiger partial charge in [-0.05, 0) is 0 Å². The summed E-state index contributed by atoms with van der Waals surface area (Å²) in [5, 5.41) is 2.70. The summed E-state index contributed by atoms with van der Waals surface area (Å²) in [5.41, 5.74) is 5.17. The van der Waals surface area contributed by atoms with Crippen LogP contribution in [0.4, 0.5) is 0 Å². The number of nitrogens with one attached hydrogen (secondary N) is 1. The maximum atomic E-state index is 11.5. The number of ether oxygens (including phenoxy) is 1. The molecule has 16 heavy (non-hydrogen) atoms. The Balaban J connectivity index is 2.02. The zero-order valence-corrected chi connectivity index (χ0v) is 8.34. The van der Waals surface area contributed by atoms with E-state index in [2.05, 4.69) is 15.3 Å². The fraction of sp³-hybridized carbons (Fsp3) is 0.333. The van der Waals surface area contributed by atoms with Crippen molar-refractivity contribution in [2.75, 3.05) is 13.2 Å². The summed E-state index contributed by atoms with van der Waals surface area (Å²) in [6.07, 6.45) is 2.39. The first kappa shape index (κ1) is 10.5. The van der Waals surface area contributed by atoms with Gasteiger partial charge >= 0.3 is 0 Å². The van der Waals surface area contributed by atoms with E-state index in [4.69, 9.17) is 10.5 Å². The molecule has 84 valence electrons. The van der Waals surface area contributed by atoms with Crippen LogP contribution >= 0.6 is 0 Å². The molecule has 0 aromatic carbocycles. The smallest absolute Gasteiger partial charge is 0.271 e. The Bertz CT molecular complexity index is 413. The van der Waals surface area contributed by atoms with Gasteiger partial charge in [-0.2, -0.15) is 0 Å². The van der Waals surface area contributed by atoms with E-state index in [0.717, 1.165) is 0 Å².